The van der Waals surface area contributed by atoms with E-state index in [1.54, 1.807) is 23.0 Å². The summed E-state index contributed by atoms with van der Waals surface area (Å²) >= 11 is 1.67. The second kappa shape index (κ2) is 8.45. The summed E-state index contributed by atoms with van der Waals surface area (Å²) in [6.45, 7) is 1.41. The topological polar surface area (TPSA) is 71.2 Å². The second-order valence-corrected chi connectivity index (χ2v) is 9.54. The lowest BCUT2D eigenvalue weighted by Crippen LogP contribution is -2.32. The number of aromatic nitrogens is 2. The Morgan fingerprint density at radius 1 is 1.23 bits per heavy atom. The van der Waals surface area contributed by atoms with E-state index in [9.17, 15) is 10.1 Å². The summed E-state index contributed by atoms with van der Waals surface area (Å²) in [7, 11) is 1.67. The summed E-state index contributed by atoms with van der Waals surface area (Å²) in [5.74, 6) is 1.55. The van der Waals surface area contributed by atoms with Crippen molar-refractivity contribution in [1.82, 2.24) is 14.5 Å². The molecule has 2 aromatic heterocycles. The quantitative estimate of drug-likeness (QED) is 0.561. The highest BCUT2D eigenvalue weighted by molar-refractivity contribution is 7.18. The number of hydrogen-bond donors (Lipinski definition) is 0. The first-order valence-corrected chi connectivity index (χ1v) is 11.8. The Hall–Kier alpha value is -2.69. The number of nitriles is 1. The number of hydrogen-bond acceptors (Lipinski definition) is 6. The van der Waals surface area contributed by atoms with Gasteiger partial charge in [0.1, 0.15) is 22.9 Å². The minimum Gasteiger partial charge on any atom is -0.497 e. The lowest BCUT2D eigenvalue weighted by molar-refractivity contribution is 0.235. The number of nitrogens with zero attached hydrogens (tertiary/aromatic N) is 4. The molecule has 1 fully saturated rings. The van der Waals surface area contributed by atoms with Crippen LogP contribution in [0.3, 0.4) is 0 Å². The molecule has 0 bridgehead atoms. The van der Waals surface area contributed by atoms with Crippen LogP contribution >= 0.6 is 11.3 Å². The van der Waals surface area contributed by atoms with Gasteiger partial charge in [0.2, 0.25) is 0 Å². The normalized spacial score (nSPS) is 15.8. The molecule has 0 unspecified atom stereocenters. The van der Waals surface area contributed by atoms with E-state index in [2.05, 4.69) is 23.1 Å². The molecule has 5 rings (SSSR count). The molecule has 0 amide bonds. The van der Waals surface area contributed by atoms with Gasteiger partial charge in [-0.3, -0.25) is 14.3 Å². The first-order valence-electron chi connectivity index (χ1n) is 11.0. The van der Waals surface area contributed by atoms with Crippen LogP contribution in [0.15, 0.2) is 29.1 Å². The SMILES string of the molecule is COc1ccc(CN(Cc2nc3sc4c(c3c(=O)n2CC#N)CCCC4)C2CC2)cc1. The Labute approximate surface area is 185 Å². The molecule has 6 nitrogen and oxygen atoms in total. The van der Waals surface area contributed by atoms with Gasteiger partial charge in [0.25, 0.3) is 5.56 Å². The highest BCUT2D eigenvalue weighted by Gasteiger charge is 2.31. The monoisotopic (exact) mass is 434 g/mol. The van der Waals surface area contributed by atoms with Gasteiger partial charge in [-0.25, -0.2) is 4.98 Å². The Morgan fingerprint density at radius 3 is 2.71 bits per heavy atom. The van der Waals surface area contributed by atoms with Gasteiger partial charge in [0.05, 0.1) is 25.1 Å². The highest BCUT2D eigenvalue weighted by Crippen LogP contribution is 2.34. The van der Waals surface area contributed by atoms with Crippen molar-refractivity contribution in [2.45, 2.75) is 64.2 Å². The predicted octanol–water partition coefficient (Wildman–Crippen LogP) is 4.03. The molecule has 3 aromatic rings. The molecular weight excluding hydrogens is 408 g/mol. The number of thiophene rings is 1. The largest absolute Gasteiger partial charge is 0.497 e. The van der Waals surface area contributed by atoms with Gasteiger partial charge in [-0.15, -0.1) is 11.3 Å². The molecule has 0 saturated heterocycles. The van der Waals surface area contributed by atoms with Crippen molar-refractivity contribution >= 4 is 21.6 Å². The number of ether oxygens (including phenoxy) is 1. The summed E-state index contributed by atoms with van der Waals surface area (Å²) in [6.07, 6.45) is 6.60. The standard InChI is InChI=1S/C24H26N4O2S/c1-30-18-10-6-16(7-11-18)14-27(17-8-9-17)15-21-26-23-22(24(29)28(21)13-12-25)19-4-2-3-5-20(19)31-23/h6-7,10-11,17H,2-5,8-9,13-15H2,1H3. The zero-order valence-electron chi connectivity index (χ0n) is 17.8. The fourth-order valence-electron chi connectivity index (χ4n) is 4.54. The molecule has 1 aromatic carbocycles. The van der Waals surface area contributed by atoms with Crippen LogP contribution in [-0.4, -0.2) is 27.6 Å². The van der Waals surface area contributed by atoms with Crippen molar-refractivity contribution in [1.29, 1.82) is 5.26 Å². The first-order chi connectivity index (χ1) is 15.2. The Balaban J connectivity index is 1.50. The third kappa shape index (κ3) is 3.98. The molecular formula is C24H26N4O2S. The molecule has 0 atom stereocenters. The van der Waals surface area contributed by atoms with Gasteiger partial charge in [0, 0.05) is 17.5 Å². The van der Waals surface area contributed by atoms with Crippen molar-refractivity contribution in [3.8, 4) is 11.8 Å². The zero-order valence-corrected chi connectivity index (χ0v) is 18.6. The van der Waals surface area contributed by atoms with E-state index in [0.29, 0.717) is 18.4 Å². The molecule has 31 heavy (non-hydrogen) atoms. The average molecular weight is 435 g/mol. The van der Waals surface area contributed by atoms with Crippen molar-refractivity contribution in [2.75, 3.05) is 7.11 Å². The minimum absolute atomic E-state index is 0.0406. The summed E-state index contributed by atoms with van der Waals surface area (Å²) in [4.78, 5) is 22.9. The van der Waals surface area contributed by atoms with Crippen molar-refractivity contribution in [3.63, 3.8) is 0 Å². The van der Waals surface area contributed by atoms with Gasteiger partial charge in [-0.1, -0.05) is 12.1 Å². The van der Waals surface area contributed by atoms with Crippen LogP contribution in [0, 0.1) is 11.3 Å². The van der Waals surface area contributed by atoms with Gasteiger partial charge in [-0.2, -0.15) is 5.26 Å². The van der Waals surface area contributed by atoms with Gasteiger partial charge in [0.15, 0.2) is 0 Å². The fourth-order valence-corrected chi connectivity index (χ4v) is 5.81. The summed E-state index contributed by atoms with van der Waals surface area (Å²) in [5.41, 5.74) is 2.34. The maximum Gasteiger partial charge on any atom is 0.263 e. The Kier molecular flexibility index (Phi) is 5.51. The van der Waals surface area contributed by atoms with Crippen LogP contribution in [0.1, 0.15) is 47.5 Å². The smallest absolute Gasteiger partial charge is 0.263 e. The Morgan fingerprint density at radius 2 is 2.00 bits per heavy atom. The van der Waals surface area contributed by atoms with Crippen molar-refractivity contribution in [2.24, 2.45) is 0 Å². The van der Waals surface area contributed by atoms with E-state index in [1.165, 1.54) is 22.4 Å². The van der Waals surface area contributed by atoms with Crippen LogP contribution < -0.4 is 10.3 Å². The Bertz CT molecular complexity index is 1200. The number of aryl methyl sites for hydroxylation is 2. The third-order valence-corrected chi connectivity index (χ3v) is 7.52. The van der Waals surface area contributed by atoms with Gasteiger partial charge < -0.3 is 4.74 Å². The van der Waals surface area contributed by atoms with E-state index in [0.717, 1.165) is 54.6 Å². The van der Waals surface area contributed by atoms with Crippen LogP contribution in [0.4, 0.5) is 0 Å². The van der Waals surface area contributed by atoms with E-state index in [-0.39, 0.29) is 12.1 Å². The zero-order chi connectivity index (χ0) is 21.4. The molecule has 0 aliphatic heterocycles. The molecule has 2 heterocycles. The summed E-state index contributed by atoms with van der Waals surface area (Å²) in [6, 6.07) is 10.8. The molecule has 160 valence electrons. The number of methoxy groups -OCH3 is 1. The number of rotatable bonds is 7. The van der Waals surface area contributed by atoms with Gasteiger partial charge in [-0.05, 0) is 61.8 Å². The van der Waals surface area contributed by atoms with Gasteiger partial charge >= 0.3 is 0 Å². The average Bonchev–Trinajstić information content (AvgIpc) is 3.57. The van der Waals surface area contributed by atoms with E-state index < -0.39 is 0 Å². The van der Waals surface area contributed by atoms with Crippen molar-refractivity contribution < 1.29 is 4.74 Å². The third-order valence-electron chi connectivity index (χ3n) is 6.34. The number of fused-ring (bicyclic) bond motifs is 3. The van der Waals surface area contributed by atoms with Crippen LogP contribution in [0.2, 0.25) is 0 Å². The molecule has 2 aliphatic carbocycles. The maximum atomic E-state index is 13.4. The van der Waals surface area contributed by atoms with E-state index >= 15 is 0 Å². The van der Waals surface area contributed by atoms with E-state index in [4.69, 9.17) is 9.72 Å². The molecule has 7 heteroatoms. The summed E-state index contributed by atoms with van der Waals surface area (Å²) in [5, 5.41) is 10.2. The highest BCUT2D eigenvalue weighted by atomic mass is 32.1. The minimum atomic E-state index is -0.0406. The molecule has 2 aliphatic rings. The molecule has 1 saturated carbocycles. The van der Waals surface area contributed by atoms with Crippen LogP contribution in [0.25, 0.3) is 10.2 Å². The molecule has 0 spiro atoms. The fraction of sp³-hybridized carbons (Fsp3) is 0.458. The van der Waals surface area contributed by atoms with Crippen molar-refractivity contribution in [3.05, 3.63) is 56.4 Å². The molecule has 0 radical (unpaired) electrons. The maximum absolute atomic E-state index is 13.4. The summed E-state index contributed by atoms with van der Waals surface area (Å²) < 4.78 is 6.87. The predicted molar refractivity (Wildman–Crippen MR) is 121 cm³/mol. The van der Waals surface area contributed by atoms with Crippen LogP contribution in [0.5, 0.6) is 5.75 Å². The lowest BCUT2D eigenvalue weighted by Gasteiger charge is -2.23. The molecule has 0 N–H and O–H groups in total. The lowest BCUT2D eigenvalue weighted by atomic mass is 9.97. The second-order valence-electron chi connectivity index (χ2n) is 8.45. The van der Waals surface area contributed by atoms with Crippen LogP contribution in [-0.2, 0) is 32.5 Å². The number of benzene rings is 1. The first kappa shape index (κ1) is 20.2. The van der Waals surface area contributed by atoms with E-state index in [1.807, 2.05) is 12.1 Å².